The Hall–Kier alpha value is -1.84. The number of hydrogen-bond donors (Lipinski definition) is 3. The summed E-state index contributed by atoms with van der Waals surface area (Å²) in [7, 11) is 0. The van der Waals surface area contributed by atoms with E-state index < -0.39 is 0 Å². The smallest absolute Gasteiger partial charge is 0.262 e. The third-order valence-electron chi connectivity index (χ3n) is 2.85. The van der Waals surface area contributed by atoms with Crippen LogP contribution in [-0.4, -0.2) is 31.4 Å². The lowest BCUT2D eigenvalue weighted by Gasteiger charge is -2.06. The summed E-state index contributed by atoms with van der Waals surface area (Å²) in [5.74, 6) is 5.72. The molecule has 6 heteroatoms. The molecule has 1 fully saturated rings. The lowest BCUT2D eigenvalue weighted by molar-refractivity contribution is -0.122. The lowest BCUT2D eigenvalue weighted by Crippen LogP contribution is -2.35. The summed E-state index contributed by atoms with van der Waals surface area (Å²) in [4.78, 5) is 24.0. The fourth-order valence-electron chi connectivity index (χ4n) is 1.66. The number of amides is 2. The number of carbonyl (C=O) groups is 2. The summed E-state index contributed by atoms with van der Waals surface area (Å²) in [6, 6.07) is 1.80. The van der Waals surface area contributed by atoms with Crippen LogP contribution in [0.3, 0.4) is 0 Å². The van der Waals surface area contributed by atoms with Gasteiger partial charge in [-0.05, 0) is 24.3 Å². The second-order valence-corrected chi connectivity index (χ2v) is 5.41. The Balaban J connectivity index is 1.76. The molecule has 1 aromatic rings. The highest BCUT2D eigenvalue weighted by Crippen LogP contribution is 2.28. The van der Waals surface area contributed by atoms with Crippen molar-refractivity contribution in [3.05, 3.63) is 21.9 Å². The molecule has 5 nitrogen and oxygen atoms in total. The van der Waals surface area contributed by atoms with Crippen LogP contribution in [0, 0.1) is 17.8 Å². The SMILES string of the molecule is NCC#Cc1ccsc1C(=O)NCCNC(=O)C1CC1. The Morgan fingerprint density at radius 1 is 1.35 bits per heavy atom. The average molecular weight is 291 g/mol. The first-order chi connectivity index (χ1) is 9.72. The molecule has 1 aliphatic rings. The summed E-state index contributed by atoms with van der Waals surface area (Å²) in [5.41, 5.74) is 6.01. The number of carbonyl (C=O) groups excluding carboxylic acids is 2. The monoisotopic (exact) mass is 291 g/mol. The molecule has 4 N–H and O–H groups in total. The molecule has 1 saturated carbocycles. The molecular formula is C14H17N3O2S. The minimum absolute atomic E-state index is 0.0878. The molecule has 106 valence electrons. The molecule has 0 radical (unpaired) electrons. The van der Waals surface area contributed by atoms with Crippen molar-refractivity contribution >= 4 is 23.2 Å². The van der Waals surface area contributed by atoms with Gasteiger partial charge in [0.2, 0.25) is 5.91 Å². The Morgan fingerprint density at radius 3 is 2.80 bits per heavy atom. The van der Waals surface area contributed by atoms with E-state index in [2.05, 4.69) is 22.5 Å². The molecule has 0 unspecified atom stereocenters. The van der Waals surface area contributed by atoms with E-state index in [9.17, 15) is 9.59 Å². The number of nitrogens with one attached hydrogen (secondary N) is 2. The van der Waals surface area contributed by atoms with Crippen molar-refractivity contribution in [3.63, 3.8) is 0 Å². The molecule has 2 rings (SSSR count). The minimum Gasteiger partial charge on any atom is -0.354 e. The molecule has 0 spiro atoms. The van der Waals surface area contributed by atoms with E-state index >= 15 is 0 Å². The van der Waals surface area contributed by atoms with Gasteiger partial charge in [0.25, 0.3) is 5.91 Å². The molecular weight excluding hydrogens is 274 g/mol. The molecule has 0 bridgehead atoms. The maximum Gasteiger partial charge on any atom is 0.262 e. The number of rotatable bonds is 5. The van der Waals surface area contributed by atoms with Crippen molar-refractivity contribution in [2.24, 2.45) is 11.7 Å². The fraction of sp³-hybridized carbons (Fsp3) is 0.429. The van der Waals surface area contributed by atoms with Crippen LogP contribution in [0.5, 0.6) is 0 Å². The van der Waals surface area contributed by atoms with Gasteiger partial charge in [-0.15, -0.1) is 11.3 Å². The van der Waals surface area contributed by atoms with Crippen molar-refractivity contribution in [3.8, 4) is 11.8 Å². The van der Waals surface area contributed by atoms with E-state index in [1.807, 2.05) is 5.38 Å². The van der Waals surface area contributed by atoms with Crippen LogP contribution < -0.4 is 16.4 Å². The third kappa shape index (κ3) is 4.08. The third-order valence-corrected chi connectivity index (χ3v) is 3.77. The zero-order valence-corrected chi connectivity index (χ0v) is 11.9. The van der Waals surface area contributed by atoms with Gasteiger partial charge < -0.3 is 16.4 Å². The maximum atomic E-state index is 12.0. The second-order valence-electron chi connectivity index (χ2n) is 4.49. The standard InChI is InChI=1S/C14H17N3O2S/c15-6-1-2-10-5-9-20-12(10)14(19)17-8-7-16-13(18)11-3-4-11/h5,9,11H,3-4,6-8,15H2,(H,16,18)(H,17,19). The van der Waals surface area contributed by atoms with Gasteiger partial charge in [-0.3, -0.25) is 9.59 Å². The fourth-order valence-corrected chi connectivity index (χ4v) is 2.43. The van der Waals surface area contributed by atoms with Crippen molar-refractivity contribution in [1.82, 2.24) is 10.6 Å². The van der Waals surface area contributed by atoms with E-state index in [0.717, 1.165) is 12.8 Å². The average Bonchev–Trinajstić information content (AvgIpc) is 3.19. The Labute approximate surface area is 121 Å². The van der Waals surface area contributed by atoms with E-state index in [-0.39, 0.29) is 24.3 Å². The van der Waals surface area contributed by atoms with Gasteiger partial charge in [-0.25, -0.2) is 0 Å². The van der Waals surface area contributed by atoms with Gasteiger partial charge in [-0.1, -0.05) is 11.8 Å². The van der Waals surface area contributed by atoms with Crippen molar-refractivity contribution in [2.75, 3.05) is 19.6 Å². The first kappa shape index (κ1) is 14.6. The zero-order chi connectivity index (χ0) is 14.4. The summed E-state index contributed by atoms with van der Waals surface area (Å²) in [6.45, 7) is 1.14. The molecule has 0 aromatic carbocycles. The van der Waals surface area contributed by atoms with Gasteiger partial charge in [0.15, 0.2) is 0 Å². The van der Waals surface area contributed by atoms with Crippen molar-refractivity contribution < 1.29 is 9.59 Å². The summed E-state index contributed by atoms with van der Waals surface area (Å²) < 4.78 is 0. The first-order valence-corrected chi connectivity index (χ1v) is 7.42. The highest BCUT2D eigenvalue weighted by Gasteiger charge is 2.29. The van der Waals surface area contributed by atoms with E-state index in [1.54, 1.807) is 6.07 Å². The van der Waals surface area contributed by atoms with Gasteiger partial charge in [0, 0.05) is 24.6 Å². The minimum atomic E-state index is -0.165. The number of nitrogens with two attached hydrogens (primary N) is 1. The maximum absolute atomic E-state index is 12.0. The van der Waals surface area contributed by atoms with Crippen LogP contribution in [0.2, 0.25) is 0 Å². The Kier molecular flexibility index (Phi) is 5.16. The van der Waals surface area contributed by atoms with Crippen LogP contribution in [-0.2, 0) is 4.79 Å². The molecule has 0 atom stereocenters. The van der Waals surface area contributed by atoms with Crippen molar-refractivity contribution in [1.29, 1.82) is 0 Å². The van der Waals surface area contributed by atoms with E-state index in [1.165, 1.54) is 11.3 Å². The van der Waals surface area contributed by atoms with Gasteiger partial charge in [-0.2, -0.15) is 0 Å². The molecule has 1 aromatic heterocycles. The molecule has 20 heavy (non-hydrogen) atoms. The molecule has 0 aliphatic heterocycles. The lowest BCUT2D eigenvalue weighted by atomic mass is 10.2. The van der Waals surface area contributed by atoms with E-state index in [4.69, 9.17) is 5.73 Å². The van der Waals surface area contributed by atoms with Crippen LogP contribution >= 0.6 is 11.3 Å². The topological polar surface area (TPSA) is 84.2 Å². The van der Waals surface area contributed by atoms with Gasteiger partial charge in [0.1, 0.15) is 4.88 Å². The highest BCUT2D eigenvalue weighted by atomic mass is 32.1. The van der Waals surface area contributed by atoms with Gasteiger partial charge >= 0.3 is 0 Å². The largest absolute Gasteiger partial charge is 0.354 e. The predicted molar refractivity (Wildman–Crippen MR) is 78.3 cm³/mol. The quantitative estimate of drug-likeness (QED) is 0.539. The molecule has 1 aliphatic carbocycles. The van der Waals surface area contributed by atoms with Crippen LogP contribution in [0.25, 0.3) is 0 Å². The summed E-state index contributed by atoms with van der Waals surface area (Å²) >= 11 is 1.34. The molecule has 0 saturated heterocycles. The first-order valence-electron chi connectivity index (χ1n) is 6.54. The van der Waals surface area contributed by atoms with Crippen LogP contribution in [0.4, 0.5) is 0 Å². The normalized spacial score (nSPS) is 13.2. The Morgan fingerprint density at radius 2 is 2.10 bits per heavy atom. The number of hydrogen-bond acceptors (Lipinski definition) is 4. The molecule has 2 amide bonds. The zero-order valence-electron chi connectivity index (χ0n) is 11.1. The van der Waals surface area contributed by atoms with Gasteiger partial charge in [0.05, 0.1) is 6.54 Å². The van der Waals surface area contributed by atoms with Crippen molar-refractivity contribution in [2.45, 2.75) is 12.8 Å². The molecule has 1 heterocycles. The number of thiophene rings is 1. The van der Waals surface area contributed by atoms with E-state index in [0.29, 0.717) is 23.5 Å². The predicted octanol–water partition coefficient (Wildman–Crippen LogP) is 0.314. The second kappa shape index (κ2) is 7.08. The van der Waals surface area contributed by atoms with Crippen LogP contribution in [0.1, 0.15) is 28.1 Å². The summed E-state index contributed by atoms with van der Waals surface area (Å²) in [5, 5.41) is 7.40. The van der Waals surface area contributed by atoms with Crippen LogP contribution in [0.15, 0.2) is 11.4 Å². The highest BCUT2D eigenvalue weighted by molar-refractivity contribution is 7.12. The summed E-state index contributed by atoms with van der Waals surface area (Å²) in [6.07, 6.45) is 1.97. The Bertz CT molecular complexity index is 552.